The van der Waals surface area contributed by atoms with E-state index in [1.165, 1.54) is 5.56 Å². The van der Waals surface area contributed by atoms with Crippen LogP contribution in [0.25, 0.3) is 5.65 Å². The van der Waals surface area contributed by atoms with Gasteiger partial charge in [0.1, 0.15) is 11.5 Å². The molecule has 0 aliphatic carbocycles. The third-order valence-corrected chi connectivity index (χ3v) is 4.43. The summed E-state index contributed by atoms with van der Waals surface area (Å²) in [4.78, 5) is 16.5. The van der Waals surface area contributed by atoms with Crippen LogP contribution in [0.4, 0.5) is 0 Å². The molecule has 0 saturated carbocycles. The van der Waals surface area contributed by atoms with Gasteiger partial charge in [0, 0.05) is 30.8 Å². The van der Waals surface area contributed by atoms with Crippen molar-refractivity contribution >= 4 is 11.4 Å². The van der Waals surface area contributed by atoms with Crippen LogP contribution in [-0.2, 0) is 17.6 Å². The molecule has 2 aromatic carbocycles. The van der Waals surface area contributed by atoms with Gasteiger partial charge in [-0.1, -0.05) is 47.9 Å². The highest BCUT2D eigenvalue weighted by molar-refractivity contribution is 5.83. The van der Waals surface area contributed by atoms with Crippen molar-refractivity contribution in [3.63, 3.8) is 0 Å². The molecule has 0 radical (unpaired) electrons. The molecule has 4 heteroatoms. The van der Waals surface area contributed by atoms with Crippen molar-refractivity contribution in [1.82, 2.24) is 14.6 Å². The Labute approximate surface area is 163 Å². The monoisotopic (exact) mass is 365 g/mol. The van der Waals surface area contributed by atoms with Gasteiger partial charge >= 0.3 is 0 Å². The zero-order valence-electron chi connectivity index (χ0n) is 15.6. The lowest BCUT2D eigenvalue weighted by Crippen LogP contribution is -2.06. The lowest BCUT2D eigenvalue weighted by atomic mass is 10.0. The van der Waals surface area contributed by atoms with Crippen molar-refractivity contribution in [3.8, 4) is 11.8 Å². The molecule has 0 N–H and O–H groups in total. The topological polar surface area (TPSA) is 47.3 Å². The van der Waals surface area contributed by atoms with Crippen LogP contribution in [0, 0.1) is 18.8 Å². The maximum absolute atomic E-state index is 12.3. The minimum absolute atomic E-state index is 0.210. The van der Waals surface area contributed by atoms with Gasteiger partial charge < -0.3 is 0 Å². The van der Waals surface area contributed by atoms with E-state index in [1.807, 2.05) is 61.5 Å². The lowest BCUT2D eigenvalue weighted by molar-refractivity contribution is -0.117. The summed E-state index contributed by atoms with van der Waals surface area (Å²) in [7, 11) is 0. The maximum Gasteiger partial charge on any atom is 0.153 e. The van der Waals surface area contributed by atoms with Crippen molar-refractivity contribution in [3.05, 3.63) is 101 Å². The number of ketones is 1. The number of rotatable bonds is 4. The average molecular weight is 365 g/mol. The van der Waals surface area contributed by atoms with Gasteiger partial charge in [-0.05, 0) is 48.2 Å². The molecule has 4 rings (SSSR count). The first kappa shape index (κ1) is 17.7. The van der Waals surface area contributed by atoms with Gasteiger partial charge in [0.15, 0.2) is 5.65 Å². The Balaban J connectivity index is 1.40. The number of aromatic nitrogens is 3. The molecule has 0 atom stereocenters. The second kappa shape index (κ2) is 7.89. The smallest absolute Gasteiger partial charge is 0.153 e. The van der Waals surface area contributed by atoms with E-state index in [0.29, 0.717) is 18.5 Å². The van der Waals surface area contributed by atoms with Gasteiger partial charge in [-0.2, -0.15) is 5.10 Å². The number of Topliss-reactive ketones (excluding diaryl/α,β-unsaturated/α-hetero) is 1. The number of hydrogen-bond donors (Lipinski definition) is 0. The fraction of sp³-hybridized carbons (Fsp3) is 0.125. The minimum Gasteiger partial charge on any atom is -0.299 e. The summed E-state index contributed by atoms with van der Waals surface area (Å²) in [6.07, 6.45) is 4.40. The van der Waals surface area contributed by atoms with E-state index in [2.05, 4.69) is 28.0 Å². The highest BCUT2D eigenvalue weighted by atomic mass is 16.1. The van der Waals surface area contributed by atoms with Gasteiger partial charge in [0.25, 0.3) is 0 Å². The number of hydrogen-bond acceptors (Lipinski definition) is 3. The third-order valence-electron chi connectivity index (χ3n) is 4.43. The van der Waals surface area contributed by atoms with Crippen LogP contribution in [0.15, 0.2) is 73.1 Å². The molecule has 4 aromatic rings. The van der Waals surface area contributed by atoms with Crippen molar-refractivity contribution in [2.45, 2.75) is 19.8 Å². The zero-order valence-corrected chi connectivity index (χ0v) is 15.6. The summed E-state index contributed by atoms with van der Waals surface area (Å²) in [5.41, 5.74) is 5.61. The number of aryl methyl sites for hydroxylation is 1. The van der Waals surface area contributed by atoms with Crippen molar-refractivity contribution in [1.29, 1.82) is 0 Å². The predicted molar refractivity (Wildman–Crippen MR) is 109 cm³/mol. The first-order chi connectivity index (χ1) is 13.7. The Morgan fingerprint density at radius 2 is 1.79 bits per heavy atom. The molecule has 2 aromatic heterocycles. The van der Waals surface area contributed by atoms with E-state index in [9.17, 15) is 4.79 Å². The Bertz CT molecular complexity index is 1190. The fourth-order valence-electron chi connectivity index (χ4n) is 3.06. The lowest BCUT2D eigenvalue weighted by Gasteiger charge is -2.03. The largest absolute Gasteiger partial charge is 0.299 e. The average Bonchev–Trinajstić information content (AvgIpc) is 3.15. The second-order valence-corrected chi connectivity index (χ2v) is 6.78. The van der Waals surface area contributed by atoms with Crippen LogP contribution in [0.1, 0.15) is 27.9 Å². The Kier molecular flexibility index (Phi) is 4.99. The van der Waals surface area contributed by atoms with E-state index in [0.717, 1.165) is 22.3 Å². The van der Waals surface area contributed by atoms with Gasteiger partial charge in [-0.3, -0.25) is 4.79 Å². The Morgan fingerprint density at radius 1 is 0.964 bits per heavy atom. The molecule has 0 fully saturated rings. The molecule has 0 unspecified atom stereocenters. The summed E-state index contributed by atoms with van der Waals surface area (Å²) in [6, 6.07) is 19.6. The Hall–Kier alpha value is -3.71. The van der Waals surface area contributed by atoms with Gasteiger partial charge in [-0.15, -0.1) is 0 Å². The standard InChI is InChI=1S/C24H19N3O/c1-18-3-2-4-21(15-18)17-23(28)16-20-7-5-19(6-8-20)9-10-22-11-12-24-25-13-14-27(24)26-22/h2-8,11-15H,16-17H2,1H3. The summed E-state index contributed by atoms with van der Waals surface area (Å²) in [5, 5.41) is 4.39. The number of nitrogens with zero attached hydrogens (tertiary/aromatic N) is 3. The molecule has 0 bridgehead atoms. The van der Waals surface area contributed by atoms with E-state index in [-0.39, 0.29) is 5.78 Å². The second-order valence-electron chi connectivity index (χ2n) is 6.78. The molecule has 2 heterocycles. The molecular formula is C24H19N3O. The highest BCUT2D eigenvalue weighted by Gasteiger charge is 2.05. The first-order valence-electron chi connectivity index (χ1n) is 9.14. The Morgan fingerprint density at radius 3 is 2.61 bits per heavy atom. The molecule has 0 aliphatic rings. The minimum atomic E-state index is 0.210. The molecule has 136 valence electrons. The SMILES string of the molecule is Cc1cccc(CC(=O)Cc2ccc(C#Cc3ccc4nccn4n3)cc2)c1. The number of carbonyl (C=O) groups excluding carboxylic acids is 1. The van der Waals surface area contributed by atoms with Crippen LogP contribution in [-0.4, -0.2) is 20.4 Å². The normalized spacial score (nSPS) is 10.5. The van der Waals surface area contributed by atoms with Crippen LogP contribution in [0.5, 0.6) is 0 Å². The molecule has 0 aliphatic heterocycles. The molecule has 0 saturated heterocycles. The van der Waals surface area contributed by atoms with Crippen molar-refractivity contribution < 1.29 is 4.79 Å². The molecular weight excluding hydrogens is 346 g/mol. The zero-order chi connectivity index (χ0) is 19.3. The van der Waals surface area contributed by atoms with E-state index in [4.69, 9.17) is 0 Å². The number of fused-ring (bicyclic) bond motifs is 1. The van der Waals surface area contributed by atoms with Crippen LogP contribution < -0.4 is 0 Å². The molecule has 28 heavy (non-hydrogen) atoms. The summed E-state index contributed by atoms with van der Waals surface area (Å²) in [5.74, 6) is 6.39. The van der Waals surface area contributed by atoms with Gasteiger partial charge in [0.2, 0.25) is 0 Å². The van der Waals surface area contributed by atoms with Gasteiger partial charge in [-0.25, -0.2) is 9.50 Å². The maximum atomic E-state index is 12.3. The number of benzene rings is 2. The predicted octanol–water partition coefficient (Wildman–Crippen LogP) is 3.79. The quantitative estimate of drug-likeness (QED) is 0.517. The van der Waals surface area contributed by atoms with Crippen LogP contribution in [0.3, 0.4) is 0 Å². The van der Waals surface area contributed by atoms with E-state index < -0.39 is 0 Å². The van der Waals surface area contributed by atoms with Crippen LogP contribution >= 0.6 is 0 Å². The highest BCUT2D eigenvalue weighted by Crippen LogP contribution is 2.09. The van der Waals surface area contributed by atoms with Gasteiger partial charge in [0.05, 0.1) is 0 Å². The summed E-state index contributed by atoms with van der Waals surface area (Å²) < 4.78 is 1.70. The van der Waals surface area contributed by atoms with E-state index >= 15 is 0 Å². The molecule has 0 spiro atoms. The number of carbonyl (C=O) groups is 1. The summed E-state index contributed by atoms with van der Waals surface area (Å²) >= 11 is 0. The van der Waals surface area contributed by atoms with Crippen LogP contribution in [0.2, 0.25) is 0 Å². The third kappa shape index (κ3) is 4.33. The molecule has 0 amide bonds. The van der Waals surface area contributed by atoms with Crippen molar-refractivity contribution in [2.24, 2.45) is 0 Å². The molecule has 4 nitrogen and oxygen atoms in total. The summed E-state index contributed by atoms with van der Waals surface area (Å²) in [6.45, 7) is 2.04. The number of imidazole rings is 1. The van der Waals surface area contributed by atoms with Crippen molar-refractivity contribution in [2.75, 3.05) is 0 Å². The fourth-order valence-corrected chi connectivity index (χ4v) is 3.06. The first-order valence-corrected chi connectivity index (χ1v) is 9.14. The van der Waals surface area contributed by atoms with E-state index in [1.54, 1.807) is 16.9 Å².